The van der Waals surface area contributed by atoms with Crippen LogP contribution in [0.2, 0.25) is 5.02 Å². The Hall–Kier alpha value is -1.33. The molecule has 6 heteroatoms. The molecule has 1 fully saturated rings. The van der Waals surface area contributed by atoms with Crippen molar-refractivity contribution in [3.63, 3.8) is 0 Å². The zero-order valence-corrected chi connectivity index (χ0v) is 10.8. The van der Waals surface area contributed by atoms with Crippen LogP contribution in [0.25, 0.3) is 0 Å². The predicted octanol–water partition coefficient (Wildman–Crippen LogP) is 1.67. The van der Waals surface area contributed by atoms with E-state index in [0.29, 0.717) is 18.8 Å². The molecule has 0 radical (unpaired) electrons. The van der Waals surface area contributed by atoms with Crippen LogP contribution in [-0.4, -0.2) is 29.0 Å². The van der Waals surface area contributed by atoms with E-state index < -0.39 is 0 Å². The van der Waals surface area contributed by atoms with Gasteiger partial charge in [-0.3, -0.25) is 4.79 Å². The summed E-state index contributed by atoms with van der Waals surface area (Å²) in [6.07, 6.45) is 5.19. The molecule has 2 heterocycles. The lowest BCUT2D eigenvalue weighted by atomic mass is 10.1. The number of anilines is 1. The number of nitrogens with one attached hydrogen (secondary N) is 1. The highest BCUT2D eigenvalue weighted by atomic mass is 35.5. The van der Waals surface area contributed by atoms with Gasteiger partial charge in [-0.1, -0.05) is 17.7 Å². The van der Waals surface area contributed by atoms with Crippen LogP contribution in [-0.2, 0) is 11.3 Å². The van der Waals surface area contributed by atoms with Crippen molar-refractivity contribution in [2.24, 2.45) is 0 Å². The number of allylic oxidation sites excluding steroid dienone is 1. The highest BCUT2D eigenvalue weighted by Gasteiger charge is 2.16. The Balaban J connectivity index is 2.15. The maximum Gasteiger partial charge on any atom is 0.287 e. The first-order valence-corrected chi connectivity index (χ1v) is 6.31. The molecule has 0 aliphatic carbocycles. The van der Waals surface area contributed by atoms with Gasteiger partial charge in [0.25, 0.3) is 5.56 Å². The van der Waals surface area contributed by atoms with Gasteiger partial charge < -0.3 is 10.1 Å². The molecule has 1 unspecified atom stereocenters. The fourth-order valence-electron chi connectivity index (χ4n) is 1.89. The third kappa shape index (κ3) is 2.91. The van der Waals surface area contributed by atoms with Crippen molar-refractivity contribution >= 4 is 17.3 Å². The van der Waals surface area contributed by atoms with E-state index in [-0.39, 0.29) is 16.6 Å². The fraction of sp³-hybridized carbons (Fsp3) is 0.500. The fourth-order valence-corrected chi connectivity index (χ4v) is 2.09. The van der Waals surface area contributed by atoms with Crippen molar-refractivity contribution in [1.29, 1.82) is 0 Å². The van der Waals surface area contributed by atoms with Crippen LogP contribution in [0, 0.1) is 0 Å². The van der Waals surface area contributed by atoms with Gasteiger partial charge in [-0.05, 0) is 12.8 Å². The Kier molecular flexibility index (Phi) is 4.38. The molecule has 0 amide bonds. The topological polar surface area (TPSA) is 56.1 Å². The molecule has 0 saturated carbocycles. The Morgan fingerprint density at radius 1 is 1.72 bits per heavy atom. The second kappa shape index (κ2) is 6.02. The third-order valence-electron chi connectivity index (χ3n) is 2.81. The lowest BCUT2D eigenvalue weighted by Crippen LogP contribution is -2.32. The largest absolute Gasteiger partial charge is 0.379 e. The summed E-state index contributed by atoms with van der Waals surface area (Å²) in [6, 6.07) is 0.188. The average molecular weight is 270 g/mol. The van der Waals surface area contributed by atoms with E-state index in [1.807, 2.05) is 0 Å². The highest BCUT2D eigenvalue weighted by Crippen LogP contribution is 2.19. The van der Waals surface area contributed by atoms with Crippen LogP contribution in [0.15, 0.2) is 23.6 Å². The van der Waals surface area contributed by atoms with Crippen molar-refractivity contribution < 1.29 is 4.74 Å². The molecule has 18 heavy (non-hydrogen) atoms. The van der Waals surface area contributed by atoms with Crippen LogP contribution < -0.4 is 10.9 Å². The standard InChI is InChI=1S/C12H16ClN3O2/c1-2-5-16-12(17)11(13)10(7-14-16)15-9-4-3-6-18-8-9/h2,7,9,15H,1,3-6,8H2. The molecular formula is C12H16ClN3O2. The lowest BCUT2D eigenvalue weighted by molar-refractivity contribution is 0.0876. The molecule has 1 atom stereocenters. The van der Waals surface area contributed by atoms with E-state index in [1.54, 1.807) is 12.3 Å². The van der Waals surface area contributed by atoms with E-state index >= 15 is 0 Å². The van der Waals surface area contributed by atoms with Gasteiger partial charge in [0, 0.05) is 12.6 Å². The van der Waals surface area contributed by atoms with Crippen molar-refractivity contribution in [3.8, 4) is 0 Å². The summed E-state index contributed by atoms with van der Waals surface area (Å²) >= 11 is 6.04. The summed E-state index contributed by atoms with van der Waals surface area (Å²) in [7, 11) is 0. The van der Waals surface area contributed by atoms with E-state index in [9.17, 15) is 4.79 Å². The normalized spacial score (nSPS) is 19.5. The Morgan fingerprint density at radius 3 is 3.22 bits per heavy atom. The highest BCUT2D eigenvalue weighted by molar-refractivity contribution is 6.32. The second-order valence-corrected chi connectivity index (χ2v) is 4.58. The van der Waals surface area contributed by atoms with Crippen LogP contribution in [0.4, 0.5) is 5.69 Å². The Bertz CT molecular complexity index is 481. The van der Waals surface area contributed by atoms with E-state index in [2.05, 4.69) is 17.0 Å². The molecule has 1 aliphatic heterocycles. The summed E-state index contributed by atoms with van der Waals surface area (Å²) in [5.74, 6) is 0. The third-order valence-corrected chi connectivity index (χ3v) is 3.17. The van der Waals surface area contributed by atoms with Crippen LogP contribution in [0.5, 0.6) is 0 Å². The van der Waals surface area contributed by atoms with E-state index in [1.165, 1.54) is 4.68 Å². The Labute approximate surface area is 110 Å². The van der Waals surface area contributed by atoms with Crippen LogP contribution >= 0.6 is 11.6 Å². The molecule has 1 aromatic rings. The van der Waals surface area contributed by atoms with Crippen molar-refractivity contribution in [2.75, 3.05) is 18.5 Å². The van der Waals surface area contributed by atoms with Gasteiger partial charge in [0.15, 0.2) is 0 Å². The van der Waals surface area contributed by atoms with E-state index in [4.69, 9.17) is 16.3 Å². The van der Waals surface area contributed by atoms with Crippen LogP contribution in [0.1, 0.15) is 12.8 Å². The van der Waals surface area contributed by atoms with Crippen molar-refractivity contribution in [1.82, 2.24) is 9.78 Å². The predicted molar refractivity (Wildman–Crippen MR) is 71.2 cm³/mol. The summed E-state index contributed by atoms with van der Waals surface area (Å²) < 4.78 is 6.64. The zero-order valence-electron chi connectivity index (χ0n) is 10.1. The molecule has 1 saturated heterocycles. The van der Waals surface area contributed by atoms with Gasteiger partial charge in [0.05, 0.1) is 25.0 Å². The smallest absolute Gasteiger partial charge is 0.287 e. The molecule has 1 N–H and O–H groups in total. The number of hydrogen-bond donors (Lipinski definition) is 1. The second-order valence-electron chi connectivity index (χ2n) is 4.21. The quantitative estimate of drug-likeness (QED) is 0.845. The number of ether oxygens (including phenoxy) is 1. The minimum Gasteiger partial charge on any atom is -0.379 e. The molecule has 0 spiro atoms. The summed E-state index contributed by atoms with van der Waals surface area (Å²) in [4.78, 5) is 11.9. The van der Waals surface area contributed by atoms with Gasteiger partial charge in [0.1, 0.15) is 5.02 Å². The first-order valence-electron chi connectivity index (χ1n) is 5.93. The number of rotatable bonds is 4. The van der Waals surface area contributed by atoms with E-state index in [0.717, 1.165) is 19.4 Å². The van der Waals surface area contributed by atoms with Gasteiger partial charge in [-0.25, -0.2) is 4.68 Å². The molecule has 5 nitrogen and oxygen atoms in total. The molecular weight excluding hydrogens is 254 g/mol. The van der Waals surface area contributed by atoms with Gasteiger partial charge >= 0.3 is 0 Å². The van der Waals surface area contributed by atoms with Crippen molar-refractivity contribution in [2.45, 2.75) is 25.4 Å². The summed E-state index contributed by atoms with van der Waals surface area (Å²) in [5, 5.41) is 7.40. The SMILES string of the molecule is C=CCn1ncc(NC2CCCOC2)c(Cl)c1=O. The average Bonchev–Trinajstić information content (AvgIpc) is 2.40. The monoisotopic (exact) mass is 269 g/mol. The minimum absolute atomic E-state index is 0.164. The number of halogens is 1. The first-order chi connectivity index (χ1) is 8.72. The van der Waals surface area contributed by atoms with Crippen molar-refractivity contribution in [3.05, 3.63) is 34.2 Å². The number of hydrogen-bond acceptors (Lipinski definition) is 4. The maximum atomic E-state index is 11.9. The number of aromatic nitrogens is 2. The molecule has 2 rings (SSSR count). The molecule has 0 bridgehead atoms. The van der Waals surface area contributed by atoms with Gasteiger partial charge in [-0.2, -0.15) is 5.10 Å². The Morgan fingerprint density at radius 2 is 2.56 bits per heavy atom. The van der Waals surface area contributed by atoms with Gasteiger partial charge in [0.2, 0.25) is 0 Å². The first kappa shape index (κ1) is 13.1. The lowest BCUT2D eigenvalue weighted by Gasteiger charge is -2.24. The zero-order chi connectivity index (χ0) is 13.0. The summed E-state index contributed by atoms with van der Waals surface area (Å²) in [6.45, 7) is 5.35. The molecule has 0 aromatic carbocycles. The molecule has 1 aromatic heterocycles. The number of nitrogens with zero attached hydrogens (tertiary/aromatic N) is 2. The maximum absolute atomic E-state index is 11.9. The molecule has 98 valence electrons. The summed E-state index contributed by atoms with van der Waals surface area (Å²) in [5.41, 5.74) is 0.260. The minimum atomic E-state index is -0.307. The van der Waals surface area contributed by atoms with Gasteiger partial charge in [-0.15, -0.1) is 6.58 Å². The molecule has 1 aliphatic rings. The van der Waals surface area contributed by atoms with Crippen LogP contribution in [0.3, 0.4) is 0 Å².